The van der Waals surface area contributed by atoms with E-state index < -0.39 is 0 Å². The highest BCUT2D eigenvalue weighted by Crippen LogP contribution is 2.40. The summed E-state index contributed by atoms with van der Waals surface area (Å²) < 4.78 is 5.71. The molecule has 2 bridgehead atoms. The lowest BCUT2D eigenvalue weighted by Crippen LogP contribution is -2.31. The summed E-state index contributed by atoms with van der Waals surface area (Å²) in [7, 11) is 0. The van der Waals surface area contributed by atoms with Crippen molar-refractivity contribution in [3.05, 3.63) is 11.8 Å². The second-order valence-corrected chi connectivity index (χ2v) is 5.57. The van der Waals surface area contributed by atoms with Gasteiger partial charge in [0.1, 0.15) is 0 Å². The van der Waals surface area contributed by atoms with Gasteiger partial charge in [0, 0.05) is 18.5 Å². The van der Waals surface area contributed by atoms with Crippen LogP contribution >= 0.6 is 0 Å². The van der Waals surface area contributed by atoms with E-state index in [1.165, 1.54) is 38.6 Å². The number of piperidine rings is 1. The zero-order valence-corrected chi connectivity index (χ0v) is 9.43. The van der Waals surface area contributed by atoms with Crippen molar-refractivity contribution < 1.29 is 4.42 Å². The third-order valence-corrected chi connectivity index (χ3v) is 4.27. The van der Waals surface area contributed by atoms with Crippen LogP contribution in [0.25, 0.3) is 0 Å². The molecule has 3 aliphatic rings. The molecule has 4 heteroatoms. The third-order valence-electron chi connectivity index (χ3n) is 4.27. The number of fused-ring (bicyclic) bond motifs is 2. The molecular formula is C12H17N3O. The molecule has 16 heavy (non-hydrogen) atoms. The fourth-order valence-electron chi connectivity index (χ4n) is 3.22. The second kappa shape index (κ2) is 3.29. The first-order chi connectivity index (χ1) is 7.88. The van der Waals surface area contributed by atoms with Gasteiger partial charge in [-0.15, -0.1) is 10.2 Å². The first-order valence-electron chi connectivity index (χ1n) is 6.45. The molecule has 0 radical (unpaired) electrons. The topological polar surface area (TPSA) is 42.2 Å². The Morgan fingerprint density at radius 2 is 2.12 bits per heavy atom. The van der Waals surface area contributed by atoms with Crippen LogP contribution in [0, 0.1) is 5.92 Å². The van der Waals surface area contributed by atoms with Crippen LogP contribution in [0.2, 0.25) is 0 Å². The monoisotopic (exact) mass is 219 g/mol. The number of aromatic nitrogens is 2. The van der Waals surface area contributed by atoms with Crippen molar-refractivity contribution in [1.29, 1.82) is 0 Å². The third kappa shape index (κ3) is 1.47. The van der Waals surface area contributed by atoms with Gasteiger partial charge in [0.05, 0.1) is 6.54 Å². The normalized spacial score (nSPS) is 33.8. The molecule has 1 aromatic heterocycles. The highest BCUT2D eigenvalue weighted by Gasteiger charge is 2.38. The summed E-state index contributed by atoms with van der Waals surface area (Å²) in [5.41, 5.74) is 0. The Kier molecular flexibility index (Phi) is 1.89. The summed E-state index contributed by atoms with van der Waals surface area (Å²) in [5.74, 6) is 3.22. The van der Waals surface area contributed by atoms with Gasteiger partial charge in [-0.05, 0) is 38.0 Å². The standard InChI is InChI=1S/C12H17N3O/c1-4-10-5-8(1)6-15(10)7-11-13-14-12(16-11)9-2-3-9/h8-10H,1-7H2. The molecule has 4 nitrogen and oxygen atoms in total. The van der Waals surface area contributed by atoms with Crippen molar-refractivity contribution in [3.8, 4) is 0 Å². The zero-order chi connectivity index (χ0) is 10.5. The number of hydrogen-bond donors (Lipinski definition) is 0. The number of nitrogens with zero attached hydrogens (tertiary/aromatic N) is 3. The summed E-state index contributed by atoms with van der Waals surface area (Å²) in [6.07, 6.45) is 6.66. The van der Waals surface area contributed by atoms with Gasteiger partial charge in [0.25, 0.3) is 0 Å². The molecule has 0 spiro atoms. The predicted molar refractivity (Wildman–Crippen MR) is 57.8 cm³/mol. The highest BCUT2D eigenvalue weighted by atomic mass is 16.4. The summed E-state index contributed by atoms with van der Waals surface area (Å²) in [6, 6.07) is 0.793. The summed E-state index contributed by atoms with van der Waals surface area (Å²) in [5, 5.41) is 8.31. The maximum absolute atomic E-state index is 5.71. The molecule has 1 saturated heterocycles. The Hall–Kier alpha value is -0.900. The predicted octanol–water partition coefficient (Wildman–Crippen LogP) is 1.93. The molecule has 2 unspecified atom stereocenters. The lowest BCUT2D eigenvalue weighted by atomic mass is 10.1. The van der Waals surface area contributed by atoms with Crippen molar-refractivity contribution in [1.82, 2.24) is 15.1 Å². The van der Waals surface area contributed by atoms with E-state index in [1.807, 2.05) is 0 Å². The molecular weight excluding hydrogens is 202 g/mol. The number of likely N-dealkylation sites (tertiary alicyclic amines) is 1. The molecule has 0 amide bonds. The molecule has 3 fully saturated rings. The van der Waals surface area contributed by atoms with Gasteiger partial charge in [-0.3, -0.25) is 4.90 Å². The lowest BCUT2D eigenvalue weighted by molar-refractivity contribution is 0.185. The van der Waals surface area contributed by atoms with E-state index in [0.29, 0.717) is 5.92 Å². The van der Waals surface area contributed by atoms with Crippen LogP contribution < -0.4 is 0 Å². The van der Waals surface area contributed by atoms with Crippen molar-refractivity contribution >= 4 is 0 Å². The van der Waals surface area contributed by atoms with E-state index in [4.69, 9.17) is 4.42 Å². The minimum Gasteiger partial charge on any atom is -0.424 e. The van der Waals surface area contributed by atoms with Crippen LogP contribution in [-0.4, -0.2) is 27.7 Å². The van der Waals surface area contributed by atoms with Crippen molar-refractivity contribution in [3.63, 3.8) is 0 Å². The fraction of sp³-hybridized carbons (Fsp3) is 0.833. The Bertz CT molecular complexity index is 399. The quantitative estimate of drug-likeness (QED) is 0.779. The van der Waals surface area contributed by atoms with Gasteiger partial charge in [-0.25, -0.2) is 0 Å². The molecule has 86 valence electrons. The number of hydrogen-bond acceptors (Lipinski definition) is 4. The van der Waals surface area contributed by atoms with Crippen LogP contribution in [0.3, 0.4) is 0 Å². The molecule has 4 rings (SSSR count). The fourth-order valence-corrected chi connectivity index (χ4v) is 3.22. The molecule has 1 aliphatic heterocycles. The Morgan fingerprint density at radius 3 is 2.81 bits per heavy atom. The minimum atomic E-state index is 0.580. The van der Waals surface area contributed by atoms with Crippen LogP contribution in [0.1, 0.15) is 49.8 Å². The van der Waals surface area contributed by atoms with Crippen molar-refractivity contribution in [2.75, 3.05) is 6.54 Å². The Labute approximate surface area is 95.0 Å². The summed E-state index contributed by atoms with van der Waals surface area (Å²) in [4.78, 5) is 2.53. The maximum Gasteiger partial charge on any atom is 0.230 e. The molecule has 2 aliphatic carbocycles. The van der Waals surface area contributed by atoms with Crippen LogP contribution in [0.15, 0.2) is 4.42 Å². The molecule has 2 saturated carbocycles. The molecule has 0 N–H and O–H groups in total. The summed E-state index contributed by atoms with van der Waals surface area (Å²) in [6.45, 7) is 2.12. The largest absolute Gasteiger partial charge is 0.424 e. The minimum absolute atomic E-state index is 0.580. The highest BCUT2D eigenvalue weighted by molar-refractivity contribution is 5.01. The SMILES string of the molecule is C1CC2CC1CN2Cc1nnc(C2CC2)o1. The van der Waals surface area contributed by atoms with Gasteiger partial charge in [0.15, 0.2) is 0 Å². The average molecular weight is 219 g/mol. The first kappa shape index (κ1) is 9.16. The van der Waals surface area contributed by atoms with Crippen LogP contribution in [-0.2, 0) is 6.54 Å². The number of rotatable bonds is 3. The molecule has 2 heterocycles. The van der Waals surface area contributed by atoms with Crippen molar-refractivity contribution in [2.45, 2.75) is 50.6 Å². The molecule has 0 aromatic carbocycles. The Balaban J connectivity index is 1.45. The summed E-state index contributed by atoms with van der Waals surface area (Å²) >= 11 is 0. The first-order valence-corrected chi connectivity index (χ1v) is 6.45. The van der Waals surface area contributed by atoms with Gasteiger partial charge in [0.2, 0.25) is 11.8 Å². The van der Waals surface area contributed by atoms with Crippen LogP contribution in [0.5, 0.6) is 0 Å². The van der Waals surface area contributed by atoms with Gasteiger partial charge in [-0.2, -0.15) is 0 Å². The lowest BCUT2D eigenvalue weighted by Gasteiger charge is -2.24. The van der Waals surface area contributed by atoms with E-state index >= 15 is 0 Å². The Morgan fingerprint density at radius 1 is 1.19 bits per heavy atom. The van der Waals surface area contributed by atoms with Crippen LogP contribution in [0.4, 0.5) is 0 Å². The van der Waals surface area contributed by atoms with E-state index in [9.17, 15) is 0 Å². The molecule has 2 atom stereocenters. The average Bonchev–Trinajstić information content (AvgIpc) is 2.76. The maximum atomic E-state index is 5.71. The van der Waals surface area contributed by atoms with E-state index in [0.717, 1.165) is 30.3 Å². The molecule has 1 aromatic rings. The van der Waals surface area contributed by atoms with E-state index in [1.54, 1.807) is 0 Å². The second-order valence-electron chi connectivity index (χ2n) is 5.57. The van der Waals surface area contributed by atoms with E-state index in [-0.39, 0.29) is 0 Å². The van der Waals surface area contributed by atoms with E-state index in [2.05, 4.69) is 15.1 Å². The smallest absolute Gasteiger partial charge is 0.230 e. The van der Waals surface area contributed by atoms with Crippen molar-refractivity contribution in [2.24, 2.45) is 5.92 Å². The van der Waals surface area contributed by atoms with Gasteiger partial charge < -0.3 is 4.42 Å². The van der Waals surface area contributed by atoms with Gasteiger partial charge >= 0.3 is 0 Å². The van der Waals surface area contributed by atoms with Gasteiger partial charge in [-0.1, -0.05) is 0 Å². The zero-order valence-electron chi connectivity index (χ0n) is 9.43.